The van der Waals surface area contributed by atoms with Gasteiger partial charge in [-0.1, -0.05) is 34.1 Å². The Balaban J connectivity index is 2.61. The monoisotopic (exact) mass is 388 g/mol. The van der Waals surface area contributed by atoms with Gasteiger partial charge in [-0.05, 0) is 40.8 Å². The van der Waals surface area contributed by atoms with Crippen LogP contribution in [-0.4, -0.2) is 0 Å². The van der Waals surface area contributed by atoms with E-state index in [0.717, 1.165) is 4.47 Å². The molecule has 15 heavy (non-hydrogen) atoms. The van der Waals surface area contributed by atoms with Crippen LogP contribution in [0.3, 0.4) is 0 Å². The molecule has 0 aliphatic heterocycles. The van der Waals surface area contributed by atoms with Gasteiger partial charge in [-0.2, -0.15) is 0 Å². The average molecular weight is 389 g/mol. The molecule has 1 heterocycles. The second kappa shape index (κ2) is 3.71. The quantitative estimate of drug-likeness (QED) is 0.451. The Morgan fingerprint density at radius 2 is 1.87 bits per heavy atom. The summed E-state index contributed by atoms with van der Waals surface area (Å²) in [6, 6.07) is 12.9. The SMILES string of the molecule is Brc1cc(I)c2sc3ccccc3c2c1. The molecule has 3 aromatic rings. The number of thiophene rings is 1. The minimum Gasteiger partial charge on any atom is -0.134 e. The summed E-state index contributed by atoms with van der Waals surface area (Å²) < 4.78 is 5.23. The normalized spacial score (nSPS) is 11.3. The second-order valence-electron chi connectivity index (χ2n) is 3.36. The van der Waals surface area contributed by atoms with Crippen LogP contribution in [0.2, 0.25) is 0 Å². The van der Waals surface area contributed by atoms with Crippen LogP contribution in [0.5, 0.6) is 0 Å². The van der Waals surface area contributed by atoms with E-state index in [4.69, 9.17) is 0 Å². The molecular weight excluding hydrogens is 383 g/mol. The van der Waals surface area contributed by atoms with E-state index < -0.39 is 0 Å². The third-order valence-corrected chi connectivity index (χ3v) is 5.29. The van der Waals surface area contributed by atoms with Crippen molar-refractivity contribution in [3.8, 4) is 0 Å². The number of rotatable bonds is 0. The zero-order valence-electron chi connectivity index (χ0n) is 7.63. The maximum absolute atomic E-state index is 3.55. The molecule has 0 bridgehead atoms. The van der Waals surface area contributed by atoms with Crippen LogP contribution >= 0.6 is 49.9 Å². The number of halogens is 2. The van der Waals surface area contributed by atoms with Crippen molar-refractivity contribution in [2.45, 2.75) is 0 Å². The predicted octanol–water partition coefficient (Wildman–Crippen LogP) is 5.42. The first-order chi connectivity index (χ1) is 7.25. The van der Waals surface area contributed by atoms with E-state index in [1.54, 1.807) is 0 Å². The second-order valence-corrected chi connectivity index (χ2v) is 6.49. The molecule has 2 aromatic carbocycles. The van der Waals surface area contributed by atoms with Gasteiger partial charge >= 0.3 is 0 Å². The molecule has 3 rings (SSSR count). The van der Waals surface area contributed by atoms with Gasteiger partial charge in [0.2, 0.25) is 0 Å². The Labute approximate surface area is 114 Å². The van der Waals surface area contributed by atoms with Crippen molar-refractivity contribution in [3.63, 3.8) is 0 Å². The average Bonchev–Trinajstić information content (AvgIpc) is 2.57. The topological polar surface area (TPSA) is 0 Å². The van der Waals surface area contributed by atoms with E-state index in [-0.39, 0.29) is 0 Å². The Hall–Kier alpha value is -0.130. The van der Waals surface area contributed by atoms with Crippen LogP contribution in [-0.2, 0) is 0 Å². The molecular formula is C12H6BrIS. The summed E-state index contributed by atoms with van der Waals surface area (Å²) in [7, 11) is 0. The fourth-order valence-corrected chi connectivity index (χ4v) is 4.68. The lowest BCUT2D eigenvalue weighted by Gasteiger charge is -1.96. The van der Waals surface area contributed by atoms with Crippen LogP contribution in [0.1, 0.15) is 0 Å². The van der Waals surface area contributed by atoms with Crippen molar-refractivity contribution in [2.24, 2.45) is 0 Å². The fourth-order valence-electron chi connectivity index (χ4n) is 1.75. The zero-order chi connectivity index (χ0) is 10.4. The Morgan fingerprint density at radius 3 is 2.73 bits per heavy atom. The molecule has 0 radical (unpaired) electrons. The number of benzene rings is 2. The minimum absolute atomic E-state index is 1.16. The largest absolute Gasteiger partial charge is 0.134 e. The number of hydrogen-bond acceptors (Lipinski definition) is 1. The van der Waals surface area contributed by atoms with E-state index in [1.807, 2.05) is 11.3 Å². The summed E-state index contributed by atoms with van der Waals surface area (Å²) in [6.07, 6.45) is 0. The molecule has 0 atom stereocenters. The molecule has 74 valence electrons. The fraction of sp³-hybridized carbons (Fsp3) is 0. The molecule has 0 nitrogen and oxygen atoms in total. The van der Waals surface area contributed by atoms with Crippen molar-refractivity contribution in [1.29, 1.82) is 0 Å². The van der Waals surface area contributed by atoms with Crippen LogP contribution in [0.4, 0.5) is 0 Å². The highest BCUT2D eigenvalue weighted by Gasteiger charge is 2.07. The lowest BCUT2D eigenvalue weighted by atomic mass is 10.2. The van der Waals surface area contributed by atoms with Crippen molar-refractivity contribution in [3.05, 3.63) is 44.4 Å². The van der Waals surface area contributed by atoms with Crippen molar-refractivity contribution >= 4 is 70.0 Å². The van der Waals surface area contributed by atoms with E-state index in [2.05, 4.69) is 74.9 Å². The van der Waals surface area contributed by atoms with Crippen LogP contribution < -0.4 is 0 Å². The maximum Gasteiger partial charge on any atom is 0.0489 e. The third-order valence-electron chi connectivity index (χ3n) is 2.40. The number of fused-ring (bicyclic) bond motifs is 3. The number of hydrogen-bond donors (Lipinski definition) is 0. The summed E-state index contributed by atoms with van der Waals surface area (Å²) >= 11 is 7.82. The Morgan fingerprint density at radius 1 is 1.07 bits per heavy atom. The van der Waals surface area contributed by atoms with Crippen molar-refractivity contribution in [2.75, 3.05) is 0 Å². The molecule has 0 fully saturated rings. The maximum atomic E-state index is 3.55. The summed E-state index contributed by atoms with van der Waals surface area (Å²) in [6.45, 7) is 0. The molecule has 1 aromatic heterocycles. The van der Waals surface area contributed by atoms with Gasteiger partial charge in [0, 0.05) is 28.2 Å². The van der Waals surface area contributed by atoms with Gasteiger partial charge in [0.1, 0.15) is 0 Å². The highest BCUT2D eigenvalue weighted by Crippen LogP contribution is 2.37. The molecule has 0 saturated carbocycles. The Bertz CT molecular complexity index is 657. The van der Waals surface area contributed by atoms with E-state index >= 15 is 0 Å². The molecule has 0 N–H and O–H groups in total. The first kappa shape index (κ1) is 10.1. The van der Waals surface area contributed by atoms with E-state index in [9.17, 15) is 0 Å². The molecule has 0 spiro atoms. The summed E-state index contributed by atoms with van der Waals surface area (Å²) in [4.78, 5) is 0. The molecule has 0 aliphatic carbocycles. The Kier molecular flexibility index (Phi) is 2.49. The molecule has 0 unspecified atom stereocenters. The van der Waals surface area contributed by atoms with Gasteiger partial charge in [0.15, 0.2) is 0 Å². The van der Waals surface area contributed by atoms with Gasteiger partial charge < -0.3 is 0 Å². The van der Waals surface area contributed by atoms with Gasteiger partial charge in [-0.15, -0.1) is 11.3 Å². The standard InChI is InChI=1S/C12H6BrIS/c13-7-5-9-8-3-1-2-4-11(8)15-12(9)10(14)6-7/h1-6H. The lowest BCUT2D eigenvalue weighted by molar-refractivity contribution is 1.72. The smallest absolute Gasteiger partial charge is 0.0489 e. The minimum atomic E-state index is 1.16. The zero-order valence-corrected chi connectivity index (χ0v) is 12.2. The summed E-state index contributed by atoms with van der Waals surface area (Å²) in [5.74, 6) is 0. The first-order valence-electron chi connectivity index (χ1n) is 4.52. The predicted molar refractivity (Wildman–Crippen MR) is 79.7 cm³/mol. The van der Waals surface area contributed by atoms with Crippen LogP contribution in [0.25, 0.3) is 20.2 Å². The van der Waals surface area contributed by atoms with Gasteiger partial charge in [0.05, 0.1) is 0 Å². The van der Waals surface area contributed by atoms with Crippen molar-refractivity contribution in [1.82, 2.24) is 0 Å². The highest BCUT2D eigenvalue weighted by molar-refractivity contribution is 14.1. The molecule has 0 amide bonds. The van der Waals surface area contributed by atoms with E-state index in [1.165, 1.54) is 23.7 Å². The molecule has 3 heteroatoms. The van der Waals surface area contributed by atoms with Gasteiger partial charge in [-0.25, -0.2) is 0 Å². The van der Waals surface area contributed by atoms with Gasteiger partial charge in [0.25, 0.3) is 0 Å². The van der Waals surface area contributed by atoms with E-state index in [0.29, 0.717) is 0 Å². The summed E-state index contributed by atoms with van der Waals surface area (Å²) in [5, 5.41) is 2.71. The van der Waals surface area contributed by atoms with Crippen molar-refractivity contribution < 1.29 is 0 Å². The van der Waals surface area contributed by atoms with Gasteiger partial charge in [-0.3, -0.25) is 0 Å². The summed E-state index contributed by atoms with van der Waals surface area (Å²) in [5.41, 5.74) is 0. The molecule has 0 saturated heterocycles. The van der Waals surface area contributed by atoms with Crippen LogP contribution in [0.15, 0.2) is 40.9 Å². The first-order valence-corrected chi connectivity index (χ1v) is 7.21. The third kappa shape index (κ3) is 1.61. The lowest BCUT2D eigenvalue weighted by Crippen LogP contribution is -1.72. The highest BCUT2D eigenvalue weighted by atomic mass is 127. The van der Waals surface area contributed by atoms with Crippen LogP contribution in [0, 0.1) is 3.57 Å². The molecule has 0 aliphatic rings.